The number of piperidine rings is 1. The number of carbonyl (C=O) groups is 1. The number of aliphatic hydroxyl groups is 1. The summed E-state index contributed by atoms with van der Waals surface area (Å²) in [7, 11) is 7.79. The molecule has 4 heterocycles. The van der Waals surface area contributed by atoms with Crippen molar-refractivity contribution in [3.63, 3.8) is 0 Å². The number of pyridine rings is 1. The van der Waals surface area contributed by atoms with Gasteiger partial charge >= 0.3 is 0 Å². The molecule has 3 aromatic heterocycles. The number of aromatic nitrogens is 3. The van der Waals surface area contributed by atoms with Crippen LogP contribution in [0.4, 0.5) is 17.6 Å². The van der Waals surface area contributed by atoms with Gasteiger partial charge in [-0.2, -0.15) is 0 Å². The van der Waals surface area contributed by atoms with Crippen LogP contribution in [0.25, 0.3) is 27.5 Å². The SMILES string of the molecule is CCCC(C)Cc1ccc(C(C)(C)C)cc1.CCCCC(c1ccc(C)cc1)c1ccccn1.CCCCCCc1cn(-c2ccc(F)cc2)c2ccccc12.CN1CCC(C(=O)c2ccc(F)cc2)CC1.CNCCCC(O)c1ccc(F)cc1.CNCCc1c[nH]c2ccccc12.CNCc1ccc(F)cc1. The van der Waals surface area contributed by atoms with Crippen LogP contribution in [0.5, 0.6) is 0 Å². The Kier molecular flexibility index (Phi) is 40.3. The van der Waals surface area contributed by atoms with Crippen molar-refractivity contribution in [2.45, 2.75) is 182 Å². The Balaban J connectivity index is 0.000000201. The van der Waals surface area contributed by atoms with Gasteiger partial charge in [0.1, 0.15) is 23.3 Å². The predicted molar refractivity (Wildman–Crippen MR) is 451 cm³/mol. The highest BCUT2D eigenvalue weighted by atomic mass is 19.1. The van der Waals surface area contributed by atoms with E-state index in [-0.39, 0.29) is 40.4 Å². The first-order valence-electron chi connectivity index (χ1n) is 39.8. The van der Waals surface area contributed by atoms with E-state index in [1.165, 1.54) is 174 Å². The second-order valence-corrected chi connectivity index (χ2v) is 29.9. The molecule has 9 nitrogen and oxygen atoms in total. The second-order valence-electron chi connectivity index (χ2n) is 29.9. The number of likely N-dealkylation sites (tertiary alicyclic amines) is 1. The number of aliphatic hydroxyl groups excluding tert-OH is 1. The van der Waals surface area contributed by atoms with Crippen molar-refractivity contribution in [2.24, 2.45) is 11.8 Å². The number of nitrogens with zero attached hydrogens (tertiary/aromatic N) is 3. The van der Waals surface area contributed by atoms with Gasteiger partial charge in [-0.25, -0.2) is 17.6 Å². The topological polar surface area (TPSA) is 110 Å². The number of hydrogen-bond donors (Lipinski definition) is 5. The molecule has 1 fully saturated rings. The van der Waals surface area contributed by atoms with Crippen LogP contribution in [0.3, 0.4) is 0 Å². The number of ketones is 1. The summed E-state index contributed by atoms with van der Waals surface area (Å²) in [6, 6.07) is 66.1. The van der Waals surface area contributed by atoms with Gasteiger partial charge in [-0.15, -0.1) is 0 Å². The van der Waals surface area contributed by atoms with E-state index in [9.17, 15) is 27.5 Å². The number of hydrogen-bond acceptors (Lipinski definition) is 7. The van der Waals surface area contributed by atoms with Crippen molar-refractivity contribution >= 4 is 27.6 Å². The zero-order valence-corrected chi connectivity index (χ0v) is 67.3. The van der Waals surface area contributed by atoms with Crippen LogP contribution < -0.4 is 16.0 Å². The summed E-state index contributed by atoms with van der Waals surface area (Å²) in [5, 5.41) is 21.5. The molecule has 0 saturated carbocycles. The summed E-state index contributed by atoms with van der Waals surface area (Å²) in [4.78, 5) is 22.1. The number of halogens is 4. The Labute approximate surface area is 650 Å². The summed E-state index contributed by atoms with van der Waals surface area (Å²) < 4.78 is 52.9. The quantitative estimate of drug-likeness (QED) is 0.0198. The number of aryl methyl sites for hydroxylation is 2. The molecule has 8 aromatic carbocycles. The van der Waals surface area contributed by atoms with E-state index in [4.69, 9.17) is 0 Å². The van der Waals surface area contributed by atoms with Crippen LogP contribution >= 0.6 is 0 Å². The molecule has 109 heavy (non-hydrogen) atoms. The van der Waals surface area contributed by atoms with E-state index in [1.54, 1.807) is 36.4 Å². The maximum Gasteiger partial charge on any atom is 0.166 e. The fourth-order valence-corrected chi connectivity index (χ4v) is 13.3. The molecule has 584 valence electrons. The lowest BCUT2D eigenvalue weighted by atomic mass is 9.86. The molecule has 0 aliphatic carbocycles. The molecule has 5 N–H and O–H groups in total. The number of benzene rings is 8. The number of nitrogens with one attached hydrogen (secondary N) is 4. The second kappa shape index (κ2) is 49.4. The zero-order valence-electron chi connectivity index (χ0n) is 67.3. The van der Waals surface area contributed by atoms with E-state index >= 15 is 0 Å². The summed E-state index contributed by atoms with van der Waals surface area (Å²) >= 11 is 0. The third kappa shape index (κ3) is 32.0. The van der Waals surface area contributed by atoms with Crippen molar-refractivity contribution < 1.29 is 27.5 Å². The summed E-state index contributed by atoms with van der Waals surface area (Å²) in [6.45, 7) is 22.7. The predicted octanol–water partition coefficient (Wildman–Crippen LogP) is 23.3. The molecule has 0 radical (unpaired) electrons. The highest BCUT2D eigenvalue weighted by Crippen LogP contribution is 2.31. The smallest absolute Gasteiger partial charge is 0.166 e. The molecule has 11 aromatic rings. The Hall–Kier alpha value is -8.82. The molecule has 12 rings (SSSR count). The fourth-order valence-electron chi connectivity index (χ4n) is 13.3. The summed E-state index contributed by atoms with van der Waals surface area (Å²) in [5.41, 5.74) is 15.8. The van der Waals surface area contributed by atoms with E-state index < -0.39 is 6.10 Å². The molecular formula is C96H125F4N7O2. The van der Waals surface area contributed by atoms with Gasteiger partial charge in [-0.1, -0.05) is 214 Å². The van der Waals surface area contributed by atoms with Gasteiger partial charge < -0.3 is 35.5 Å². The number of aromatic amines is 1. The first kappa shape index (κ1) is 89.1. The fraction of sp³-hybridized carbons (Fsp3) is 0.396. The average molecular weight is 1490 g/mol. The molecule has 0 spiro atoms. The molecule has 1 saturated heterocycles. The number of H-pyrrole nitrogens is 1. The molecule has 0 amide bonds. The highest BCUT2D eigenvalue weighted by Gasteiger charge is 2.24. The number of para-hydroxylation sites is 2. The van der Waals surface area contributed by atoms with Gasteiger partial charge in [0.25, 0.3) is 0 Å². The van der Waals surface area contributed by atoms with Gasteiger partial charge in [-0.05, 0) is 266 Å². The summed E-state index contributed by atoms with van der Waals surface area (Å²) in [6.07, 6.45) is 23.9. The van der Waals surface area contributed by atoms with E-state index in [0.29, 0.717) is 17.9 Å². The number of likely N-dealkylation sites (N-methyl/N-ethyl adjacent to an activating group) is 1. The molecular weight excluding hydrogens is 1360 g/mol. The molecule has 13 heteroatoms. The standard InChI is InChI=1S/C20H22FN.C17H21N.C16H26.C13H16FNO.C11H16FNO.C11H14N2.C8H10FN/c1-2-3-4-5-8-16-15-22(18-13-11-17(21)12-14-18)20-10-7-6-9-19(16)20;1-3-4-7-16(17-8-5-6-13-18-17)15-11-9-14(2)10-12-15;1-6-7-13(2)12-14-8-10-15(11-9-14)16(3,4)5;1-15-8-6-11(7-9-15)13(16)10-2-4-12(14)5-3-10;1-13-8-2-3-11(14)9-4-6-10(12)7-5-9;1-12-7-6-9-8-13-11-5-3-2-4-10(9)11;1-10-6-7-2-4-8(9)5-3-7/h6-7,9-15H,2-5,8H2,1H3;5-6,8-13,16H,3-4,7H2,1-2H3;8-11,13H,6-7,12H2,1-5H3;2-5,11H,6-9H2,1H3;4-7,11,13-14H,2-3,8H2,1H3;2-5,8,12-13H,6-7H2,1H3;2-5,10H,6H2,1H3. The Morgan fingerprint density at radius 1 is 0.569 bits per heavy atom. The van der Waals surface area contributed by atoms with Crippen molar-refractivity contribution in [1.82, 2.24) is 35.4 Å². The number of carbonyl (C=O) groups excluding carboxylic acids is 1. The number of rotatable bonds is 27. The molecule has 1 aliphatic rings. The van der Waals surface area contributed by atoms with Crippen LogP contribution in [0.15, 0.2) is 231 Å². The maximum atomic E-state index is 13.2. The molecule has 3 atom stereocenters. The molecule has 3 unspecified atom stereocenters. The van der Waals surface area contributed by atoms with Crippen molar-refractivity contribution in [3.05, 3.63) is 310 Å². The van der Waals surface area contributed by atoms with E-state index in [0.717, 1.165) is 87.6 Å². The molecule has 0 bridgehead atoms. The monoisotopic (exact) mass is 1480 g/mol. The highest BCUT2D eigenvalue weighted by molar-refractivity contribution is 5.98. The minimum atomic E-state index is -0.482. The third-order valence-corrected chi connectivity index (χ3v) is 19.7. The van der Waals surface area contributed by atoms with Gasteiger partial charge in [0.05, 0.1) is 11.6 Å². The van der Waals surface area contributed by atoms with Crippen LogP contribution in [-0.2, 0) is 31.2 Å². The normalized spacial score (nSPS) is 12.9. The van der Waals surface area contributed by atoms with E-state index in [2.05, 4.69) is 219 Å². The Morgan fingerprint density at radius 2 is 1.14 bits per heavy atom. The minimum absolute atomic E-state index is 0.113. The lowest BCUT2D eigenvalue weighted by molar-refractivity contribution is 0.0856. The largest absolute Gasteiger partial charge is 0.388 e. The van der Waals surface area contributed by atoms with Crippen LogP contribution in [-0.4, -0.2) is 84.7 Å². The van der Waals surface area contributed by atoms with Crippen LogP contribution in [0.1, 0.15) is 205 Å². The maximum absolute atomic E-state index is 13.2. The third-order valence-electron chi connectivity index (χ3n) is 19.7. The zero-order chi connectivity index (χ0) is 78.8. The lowest BCUT2D eigenvalue weighted by Gasteiger charge is -2.27. The van der Waals surface area contributed by atoms with Crippen molar-refractivity contribution in [1.29, 1.82) is 0 Å². The minimum Gasteiger partial charge on any atom is -0.388 e. The van der Waals surface area contributed by atoms with Crippen molar-refractivity contribution in [2.75, 3.05) is 54.4 Å². The Morgan fingerprint density at radius 3 is 1.72 bits per heavy atom. The Bertz CT molecular complexity index is 4220. The van der Waals surface area contributed by atoms with E-state index in [1.807, 2.05) is 45.5 Å². The van der Waals surface area contributed by atoms with Gasteiger partial charge in [0.15, 0.2) is 5.78 Å². The van der Waals surface area contributed by atoms with Gasteiger partial charge in [0.2, 0.25) is 0 Å². The number of fused-ring (bicyclic) bond motifs is 2. The van der Waals surface area contributed by atoms with Gasteiger partial charge in [-0.3, -0.25) is 9.78 Å². The van der Waals surface area contributed by atoms with Gasteiger partial charge in [0, 0.05) is 70.2 Å². The average Bonchev–Trinajstić information content (AvgIpc) is 1.64. The molecule has 1 aliphatic heterocycles. The van der Waals surface area contributed by atoms with Crippen LogP contribution in [0, 0.1) is 42.0 Å². The first-order valence-corrected chi connectivity index (χ1v) is 39.8. The van der Waals surface area contributed by atoms with Crippen LogP contribution in [0.2, 0.25) is 0 Å². The number of Topliss-reactive ketones (excluding diaryl/α,β-unsaturated/α-hetero) is 1. The summed E-state index contributed by atoms with van der Waals surface area (Å²) in [5.74, 6) is 0.586. The first-order chi connectivity index (χ1) is 52.7. The van der Waals surface area contributed by atoms with Crippen molar-refractivity contribution in [3.8, 4) is 5.69 Å². The lowest BCUT2D eigenvalue weighted by Crippen LogP contribution is -2.33. The number of unbranched alkanes of at least 4 members (excludes halogenated alkanes) is 4.